The van der Waals surface area contributed by atoms with Gasteiger partial charge in [-0.05, 0) is 44.2 Å². The normalized spacial score (nSPS) is 12.4. The van der Waals surface area contributed by atoms with Crippen LogP contribution in [0.25, 0.3) is 0 Å². The maximum atomic E-state index is 6.27. The molecular formula is C18H23ClN2. The van der Waals surface area contributed by atoms with Crippen molar-refractivity contribution in [2.75, 3.05) is 25.5 Å². The molecule has 0 aliphatic carbocycles. The van der Waals surface area contributed by atoms with Crippen LogP contribution in [0.15, 0.2) is 48.5 Å². The topological polar surface area (TPSA) is 15.3 Å². The molecule has 1 N–H and O–H groups in total. The molecule has 0 saturated carbocycles. The van der Waals surface area contributed by atoms with E-state index in [9.17, 15) is 0 Å². The number of aryl methyl sites for hydroxylation is 1. The molecule has 2 nitrogen and oxygen atoms in total. The van der Waals surface area contributed by atoms with Gasteiger partial charge in [0.15, 0.2) is 0 Å². The third-order valence-corrected chi connectivity index (χ3v) is 4.29. The Balaban J connectivity index is 1.89. The van der Waals surface area contributed by atoms with Gasteiger partial charge in [0.25, 0.3) is 0 Å². The molecule has 0 fully saturated rings. The van der Waals surface area contributed by atoms with E-state index in [4.69, 9.17) is 11.6 Å². The Labute approximate surface area is 132 Å². The van der Waals surface area contributed by atoms with Crippen LogP contribution in [0.4, 0.5) is 5.69 Å². The predicted molar refractivity (Wildman–Crippen MR) is 92.2 cm³/mol. The van der Waals surface area contributed by atoms with Gasteiger partial charge in [0.2, 0.25) is 0 Å². The average Bonchev–Trinajstić information content (AvgIpc) is 2.49. The molecule has 3 heteroatoms. The van der Waals surface area contributed by atoms with Crippen LogP contribution in [0.1, 0.15) is 24.1 Å². The van der Waals surface area contributed by atoms with E-state index in [1.54, 1.807) is 0 Å². The van der Waals surface area contributed by atoms with Gasteiger partial charge in [0, 0.05) is 29.8 Å². The molecule has 0 bridgehead atoms. The quantitative estimate of drug-likeness (QED) is 0.828. The van der Waals surface area contributed by atoms with Crippen molar-refractivity contribution in [1.29, 1.82) is 0 Å². The molecule has 112 valence electrons. The van der Waals surface area contributed by atoms with Crippen LogP contribution >= 0.6 is 11.6 Å². The highest BCUT2D eigenvalue weighted by atomic mass is 35.5. The number of likely N-dealkylation sites (N-methyl/N-ethyl adjacent to an activating group) is 1. The maximum absolute atomic E-state index is 6.27. The Morgan fingerprint density at radius 2 is 1.76 bits per heavy atom. The molecule has 1 unspecified atom stereocenters. The van der Waals surface area contributed by atoms with Crippen LogP contribution in [0.2, 0.25) is 5.02 Å². The lowest BCUT2D eigenvalue weighted by atomic mass is 10.1. The third kappa shape index (κ3) is 4.23. The van der Waals surface area contributed by atoms with E-state index in [2.05, 4.69) is 61.4 Å². The van der Waals surface area contributed by atoms with Gasteiger partial charge in [-0.25, -0.2) is 0 Å². The Kier molecular flexibility index (Phi) is 5.66. The highest BCUT2D eigenvalue weighted by Crippen LogP contribution is 2.25. The number of hydrogen-bond acceptors (Lipinski definition) is 2. The lowest BCUT2D eigenvalue weighted by Gasteiger charge is -2.26. The van der Waals surface area contributed by atoms with Crippen LogP contribution in [-0.4, -0.2) is 25.0 Å². The van der Waals surface area contributed by atoms with Crippen molar-refractivity contribution in [2.45, 2.75) is 19.9 Å². The molecule has 0 amide bonds. The molecule has 0 radical (unpaired) electrons. The second-order valence-electron chi connectivity index (χ2n) is 5.42. The summed E-state index contributed by atoms with van der Waals surface area (Å²) in [4.78, 5) is 2.31. The van der Waals surface area contributed by atoms with Crippen molar-refractivity contribution in [3.05, 3.63) is 64.7 Å². The summed E-state index contributed by atoms with van der Waals surface area (Å²) in [6.07, 6.45) is 0. The number of hydrogen-bond donors (Lipinski definition) is 1. The van der Waals surface area contributed by atoms with Crippen molar-refractivity contribution in [3.63, 3.8) is 0 Å². The predicted octanol–water partition coefficient (Wildman–Crippen LogP) is 4.75. The lowest BCUT2D eigenvalue weighted by molar-refractivity contribution is 0.272. The van der Waals surface area contributed by atoms with Crippen LogP contribution in [0, 0.1) is 6.92 Å². The molecule has 2 rings (SSSR count). The SMILES string of the molecule is Cc1ccccc1NCCN(C)C(C)c1ccccc1Cl. The number of nitrogens with zero attached hydrogens (tertiary/aromatic N) is 1. The van der Waals surface area contributed by atoms with Gasteiger partial charge in [-0.15, -0.1) is 0 Å². The fourth-order valence-electron chi connectivity index (χ4n) is 2.38. The van der Waals surface area contributed by atoms with Crippen molar-refractivity contribution in [3.8, 4) is 0 Å². The zero-order valence-corrected chi connectivity index (χ0v) is 13.7. The number of benzene rings is 2. The van der Waals surface area contributed by atoms with Crippen LogP contribution in [0.5, 0.6) is 0 Å². The van der Waals surface area contributed by atoms with Crippen molar-refractivity contribution >= 4 is 17.3 Å². The first-order valence-electron chi connectivity index (χ1n) is 7.33. The van der Waals surface area contributed by atoms with Gasteiger partial charge in [0.05, 0.1) is 0 Å². The first kappa shape index (κ1) is 15.9. The van der Waals surface area contributed by atoms with E-state index < -0.39 is 0 Å². The molecule has 0 saturated heterocycles. The van der Waals surface area contributed by atoms with Crippen molar-refractivity contribution in [1.82, 2.24) is 4.90 Å². The summed E-state index contributed by atoms with van der Waals surface area (Å²) in [5, 5.41) is 4.33. The first-order valence-corrected chi connectivity index (χ1v) is 7.71. The van der Waals surface area contributed by atoms with Gasteiger partial charge in [-0.2, -0.15) is 0 Å². The molecule has 0 aliphatic heterocycles. The zero-order valence-electron chi connectivity index (χ0n) is 12.9. The molecule has 1 atom stereocenters. The monoisotopic (exact) mass is 302 g/mol. The minimum absolute atomic E-state index is 0.303. The van der Waals surface area contributed by atoms with Crippen molar-refractivity contribution in [2.24, 2.45) is 0 Å². The van der Waals surface area contributed by atoms with Crippen LogP contribution < -0.4 is 5.32 Å². The summed E-state index contributed by atoms with van der Waals surface area (Å²) >= 11 is 6.27. The summed E-state index contributed by atoms with van der Waals surface area (Å²) in [6.45, 7) is 6.18. The standard InChI is InChI=1S/C18H23ClN2/c1-14-8-4-7-11-18(14)20-12-13-21(3)15(2)16-9-5-6-10-17(16)19/h4-11,15,20H,12-13H2,1-3H3. The molecule has 0 heterocycles. The Hall–Kier alpha value is -1.51. The number of nitrogens with one attached hydrogen (secondary N) is 1. The second-order valence-corrected chi connectivity index (χ2v) is 5.83. The van der Waals surface area contributed by atoms with Gasteiger partial charge in [0.1, 0.15) is 0 Å². The van der Waals surface area contributed by atoms with E-state index in [1.165, 1.54) is 16.8 Å². The largest absolute Gasteiger partial charge is 0.384 e. The minimum atomic E-state index is 0.303. The second kappa shape index (κ2) is 7.48. The fourth-order valence-corrected chi connectivity index (χ4v) is 2.68. The summed E-state index contributed by atoms with van der Waals surface area (Å²) in [5.74, 6) is 0. The summed E-state index contributed by atoms with van der Waals surface area (Å²) in [6, 6.07) is 16.7. The van der Waals surface area contributed by atoms with E-state index in [-0.39, 0.29) is 0 Å². The van der Waals surface area contributed by atoms with Crippen LogP contribution in [-0.2, 0) is 0 Å². The molecule has 0 aromatic heterocycles. The van der Waals surface area contributed by atoms with E-state index in [0.717, 1.165) is 18.1 Å². The summed E-state index contributed by atoms with van der Waals surface area (Å²) < 4.78 is 0. The minimum Gasteiger partial charge on any atom is -0.384 e. The number of rotatable bonds is 6. The molecule has 0 aliphatic rings. The van der Waals surface area contributed by atoms with E-state index in [0.29, 0.717) is 6.04 Å². The third-order valence-electron chi connectivity index (χ3n) is 3.94. The van der Waals surface area contributed by atoms with E-state index in [1.807, 2.05) is 18.2 Å². The molecule has 2 aromatic carbocycles. The lowest BCUT2D eigenvalue weighted by Crippen LogP contribution is -2.28. The Bertz CT molecular complexity index is 583. The molecule has 2 aromatic rings. The van der Waals surface area contributed by atoms with Gasteiger partial charge in [-0.1, -0.05) is 48.0 Å². The zero-order chi connectivity index (χ0) is 15.2. The van der Waals surface area contributed by atoms with Crippen molar-refractivity contribution < 1.29 is 0 Å². The maximum Gasteiger partial charge on any atom is 0.0453 e. The summed E-state index contributed by atoms with van der Waals surface area (Å²) in [5.41, 5.74) is 3.66. The number of para-hydroxylation sites is 1. The van der Waals surface area contributed by atoms with E-state index >= 15 is 0 Å². The Morgan fingerprint density at radius 1 is 1.10 bits per heavy atom. The highest BCUT2D eigenvalue weighted by molar-refractivity contribution is 6.31. The summed E-state index contributed by atoms with van der Waals surface area (Å²) in [7, 11) is 2.13. The molecule has 0 spiro atoms. The smallest absolute Gasteiger partial charge is 0.0453 e. The number of anilines is 1. The van der Waals surface area contributed by atoms with Crippen LogP contribution in [0.3, 0.4) is 0 Å². The highest BCUT2D eigenvalue weighted by Gasteiger charge is 2.13. The fraction of sp³-hybridized carbons (Fsp3) is 0.333. The Morgan fingerprint density at radius 3 is 2.48 bits per heavy atom. The van der Waals surface area contributed by atoms with Gasteiger partial charge in [-0.3, -0.25) is 4.90 Å². The molecular weight excluding hydrogens is 280 g/mol. The average molecular weight is 303 g/mol. The number of halogens is 1. The van der Waals surface area contributed by atoms with Gasteiger partial charge < -0.3 is 5.32 Å². The van der Waals surface area contributed by atoms with Gasteiger partial charge >= 0.3 is 0 Å². The first-order chi connectivity index (χ1) is 10.1. The molecule has 21 heavy (non-hydrogen) atoms.